The normalized spacial score (nSPS) is 18.7. The van der Waals surface area contributed by atoms with Crippen LogP contribution in [0.5, 0.6) is 0 Å². The Balaban J connectivity index is 1.44. The van der Waals surface area contributed by atoms with Crippen LogP contribution in [0.1, 0.15) is 34.9 Å². The molecule has 4 rings (SSSR count). The number of hydrogen-bond donors (Lipinski definition) is 2. The Morgan fingerprint density at radius 2 is 2.04 bits per heavy atom. The second-order valence-electron chi connectivity index (χ2n) is 6.95. The Kier molecular flexibility index (Phi) is 4.68. The number of benzene rings is 1. The number of aromatic nitrogens is 1. The minimum atomic E-state index is -0.345. The van der Waals surface area contributed by atoms with E-state index in [1.54, 1.807) is 35.4 Å². The van der Waals surface area contributed by atoms with E-state index < -0.39 is 0 Å². The molecule has 0 saturated carbocycles. The highest BCUT2D eigenvalue weighted by atomic mass is 16.2. The zero-order valence-electron chi connectivity index (χ0n) is 15.5. The fourth-order valence-corrected chi connectivity index (χ4v) is 3.58. The predicted octanol–water partition coefficient (Wildman–Crippen LogP) is 1.52. The summed E-state index contributed by atoms with van der Waals surface area (Å²) >= 11 is 0. The molecule has 0 spiro atoms. The number of rotatable bonds is 4. The highest BCUT2D eigenvalue weighted by Gasteiger charge is 2.30. The van der Waals surface area contributed by atoms with Gasteiger partial charge in [0.1, 0.15) is 12.0 Å². The maximum Gasteiger partial charge on any atom is 0.256 e. The van der Waals surface area contributed by atoms with Gasteiger partial charge in [0, 0.05) is 31.9 Å². The van der Waals surface area contributed by atoms with Crippen molar-refractivity contribution >= 4 is 29.2 Å². The topological polar surface area (TPSA) is 94.6 Å². The van der Waals surface area contributed by atoms with Crippen molar-refractivity contribution in [2.45, 2.75) is 19.0 Å². The van der Waals surface area contributed by atoms with Crippen molar-refractivity contribution in [1.29, 1.82) is 0 Å². The summed E-state index contributed by atoms with van der Waals surface area (Å²) in [6.45, 7) is 0.707. The Bertz CT molecular complexity index is 928. The van der Waals surface area contributed by atoms with E-state index in [1.165, 1.54) is 0 Å². The first-order valence-corrected chi connectivity index (χ1v) is 9.19. The van der Waals surface area contributed by atoms with E-state index in [4.69, 9.17) is 0 Å². The van der Waals surface area contributed by atoms with Crippen LogP contribution in [-0.2, 0) is 9.59 Å². The molecule has 3 heterocycles. The van der Waals surface area contributed by atoms with E-state index in [0.29, 0.717) is 30.0 Å². The van der Waals surface area contributed by atoms with Crippen LogP contribution in [-0.4, -0.2) is 47.7 Å². The summed E-state index contributed by atoms with van der Waals surface area (Å²) in [5, 5.41) is 5.78. The molecule has 2 aliphatic heterocycles. The van der Waals surface area contributed by atoms with Gasteiger partial charge in [0.25, 0.3) is 5.91 Å². The van der Waals surface area contributed by atoms with E-state index in [1.807, 2.05) is 24.1 Å². The maximum absolute atomic E-state index is 12.4. The number of pyridine rings is 1. The van der Waals surface area contributed by atoms with Crippen LogP contribution in [0.4, 0.5) is 11.5 Å². The van der Waals surface area contributed by atoms with Crippen molar-refractivity contribution in [3.05, 3.63) is 53.7 Å². The Morgan fingerprint density at radius 3 is 2.75 bits per heavy atom. The lowest BCUT2D eigenvalue weighted by molar-refractivity contribution is -0.131. The SMILES string of the molecule is CN1c2ncccc2C(=O)N[C@@H]1c1ccc(NC(=O)CN2CCCC2=O)cc1. The first-order valence-electron chi connectivity index (χ1n) is 9.19. The maximum atomic E-state index is 12.4. The number of amides is 3. The lowest BCUT2D eigenvalue weighted by Gasteiger charge is -2.35. The van der Waals surface area contributed by atoms with Gasteiger partial charge in [-0.15, -0.1) is 0 Å². The Labute approximate surface area is 162 Å². The first kappa shape index (κ1) is 18.0. The third-order valence-electron chi connectivity index (χ3n) is 5.04. The van der Waals surface area contributed by atoms with Crippen molar-refractivity contribution in [3.63, 3.8) is 0 Å². The smallest absolute Gasteiger partial charge is 0.256 e. The first-order chi connectivity index (χ1) is 13.5. The van der Waals surface area contributed by atoms with E-state index in [2.05, 4.69) is 15.6 Å². The molecular formula is C20H21N5O3. The molecule has 1 saturated heterocycles. The molecule has 8 nitrogen and oxygen atoms in total. The zero-order chi connectivity index (χ0) is 19.7. The number of carbonyl (C=O) groups excluding carboxylic acids is 3. The largest absolute Gasteiger partial charge is 0.335 e. The van der Waals surface area contributed by atoms with Gasteiger partial charge in [-0.3, -0.25) is 14.4 Å². The highest BCUT2D eigenvalue weighted by Crippen LogP contribution is 2.30. The number of nitrogens with zero attached hydrogens (tertiary/aromatic N) is 3. The van der Waals surface area contributed by atoms with Crippen molar-refractivity contribution < 1.29 is 14.4 Å². The second kappa shape index (κ2) is 7.30. The average Bonchev–Trinajstić information content (AvgIpc) is 3.10. The van der Waals surface area contributed by atoms with Gasteiger partial charge in [0.15, 0.2) is 0 Å². The molecule has 8 heteroatoms. The van der Waals surface area contributed by atoms with Crippen LogP contribution in [0.3, 0.4) is 0 Å². The van der Waals surface area contributed by atoms with Crippen molar-refractivity contribution in [3.8, 4) is 0 Å². The average molecular weight is 379 g/mol. The van der Waals surface area contributed by atoms with Crippen LogP contribution in [0.25, 0.3) is 0 Å². The molecular weight excluding hydrogens is 358 g/mol. The van der Waals surface area contributed by atoms with Gasteiger partial charge >= 0.3 is 0 Å². The van der Waals surface area contributed by atoms with Gasteiger partial charge in [0.2, 0.25) is 11.8 Å². The van der Waals surface area contributed by atoms with Crippen LogP contribution in [0, 0.1) is 0 Å². The Hall–Kier alpha value is -3.42. The number of carbonyl (C=O) groups is 3. The fourth-order valence-electron chi connectivity index (χ4n) is 3.58. The number of hydrogen-bond acceptors (Lipinski definition) is 5. The second-order valence-corrected chi connectivity index (χ2v) is 6.95. The number of likely N-dealkylation sites (tertiary alicyclic amines) is 1. The predicted molar refractivity (Wildman–Crippen MR) is 104 cm³/mol. The molecule has 1 aromatic carbocycles. The molecule has 1 aromatic heterocycles. The van der Waals surface area contributed by atoms with Gasteiger partial charge in [-0.25, -0.2) is 4.98 Å². The van der Waals surface area contributed by atoms with Gasteiger partial charge in [-0.1, -0.05) is 12.1 Å². The molecule has 0 aliphatic carbocycles. The molecule has 2 aliphatic rings. The molecule has 28 heavy (non-hydrogen) atoms. The van der Waals surface area contributed by atoms with Gasteiger partial charge < -0.3 is 20.4 Å². The van der Waals surface area contributed by atoms with E-state index in [-0.39, 0.29) is 30.4 Å². The quantitative estimate of drug-likeness (QED) is 0.840. The fraction of sp³-hybridized carbons (Fsp3) is 0.300. The summed E-state index contributed by atoms with van der Waals surface area (Å²) in [5.41, 5.74) is 2.06. The molecule has 2 aromatic rings. The van der Waals surface area contributed by atoms with Gasteiger partial charge in [0.05, 0.1) is 12.1 Å². The summed E-state index contributed by atoms with van der Waals surface area (Å²) in [7, 11) is 1.87. The van der Waals surface area contributed by atoms with Crippen molar-refractivity contribution in [2.75, 3.05) is 30.4 Å². The summed E-state index contributed by atoms with van der Waals surface area (Å²) in [5.74, 6) is 0.266. The molecule has 0 unspecified atom stereocenters. The monoisotopic (exact) mass is 379 g/mol. The third-order valence-corrected chi connectivity index (χ3v) is 5.04. The minimum Gasteiger partial charge on any atom is -0.335 e. The van der Waals surface area contributed by atoms with Crippen molar-refractivity contribution in [2.24, 2.45) is 0 Å². The summed E-state index contributed by atoms with van der Waals surface area (Å²) < 4.78 is 0. The van der Waals surface area contributed by atoms with Gasteiger partial charge in [-0.2, -0.15) is 0 Å². The third kappa shape index (κ3) is 3.40. The zero-order valence-corrected chi connectivity index (χ0v) is 15.5. The standard InChI is InChI=1S/C20H21N5O3/c1-24-18(23-20(28)15-4-2-10-21-19(15)24)13-6-8-14(9-7-13)22-16(26)12-25-11-3-5-17(25)27/h2,4,6-10,18H,3,5,11-12H2,1H3,(H,22,26)(H,23,28)/t18-/m0/s1. The molecule has 144 valence electrons. The van der Waals surface area contributed by atoms with Crippen LogP contribution < -0.4 is 15.5 Å². The molecule has 1 fully saturated rings. The molecule has 0 radical (unpaired) electrons. The van der Waals surface area contributed by atoms with Gasteiger partial charge in [-0.05, 0) is 36.2 Å². The van der Waals surface area contributed by atoms with E-state index in [0.717, 1.165) is 12.0 Å². The van der Waals surface area contributed by atoms with E-state index >= 15 is 0 Å². The molecule has 0 bridgehead atoms. The summed E-state index contributed by atoms with van der Waals surface area (Å²) in [6.07, 6.45) is 2.64. The van der Waals surface area contributed by atoms with Crippen LogP contribution in [0.15, 0.2) is 42.6 Å². The lowest BCUT2D eigenvalue weighted by Crippen LogP contribution is -2.45. The number of fused-ring (bicyclic) bond motifs is 1. The number of nitrogens with one attached hydrogen (secondary N) is 2. The number of anilines is 2. The summed E-state index contributed by atoms with van der Waals surface area (Å²) in [6, 6.07) is 10.8. The molecule has 3 amide bonds. The van der Waals surface area contributed by atoms with Crippen LogP contribution >= 0.6 is 0 Å². The lowest BCUT2D eigenvalue weighted by atomic mass is 10.1. The minimum absolute atomic E-state index is 0.0236. The Morgan fingerprint density at radius 1 is 1.25 bits per heavy atom. The van der Waals surface area contributed by atoms with Crippen LogP contribution in [0.2, 0.25) is 0 Å². The van der Waals surface area contributed by atoms with Crippen molar-refractivity contribution in [1.82, 2.24) is 15.2 Å². The summed E-state index contributed by atoms with van der Waals surface area (Å²) in [4.78, 5) is 43.9. The molecule has 1 atom stereocenters. The van der Waals surface area contributed by atoms with E-state index in [9.17, 15) is 14.4 Å². The molecule has 2 N–H and O–H groups in total. The highest BCUT2D eigenvalue weighted by molar-refractivity contribution is 6.01.